The van der Waals surface area contributed by atoms with E-state index in [1.165, 1.54) is 0 Å². The van der Waals surface area contributed by atoms with Crippen LogP contribution in [0.3, 0.4) is 0 Å². The van der Waals surface area contributed by atoms with E-state index in [1.54, 1.807) is 14.2 Å². The Morgan fingerprint density at radius 3 is 2.33 bits per heavy atom. The summed E-state index contributed by atoms with van der Waals surface area (Å²) in [5.74, 6) is 2.15. The first-order valence-electron chi connectivity index (χ1n) is 7.59. The Balaban J connectivity index is 2.83. The van der Waals surface area contributed by atoms with Crippen molar-refractivity contribution in [2.45, 2.75) is 39.8 Å². The Kier molecular flexibility index (Phi) is 7.54. The van der Waals surface area contributed by atoms with Crippen molar-refractivity contribution in [2.24, 2.45) is 5.92 Å². The molecule has 1 rings (SSSR count). The van der Waals surface area contributed by atoms with E-state index >= 15 is 0 Å². The van der Waals surface area contributed by atoms with Gasteiger partial charge >= 0.3 is 0 Å². The van der Waals surface area contributed by atoms with Crippen LogP contribution in [0.5, 0.6) is 11.5 Å². The zero-order valence-corrected chi connectivity index (χ0v) is 14.1. The quantitative estimate of drug-likeness (QED) is 0.758. The lowest BCUT2D eigenvalue weighted by Gasteiger charge is -2.27. The van der Waals surface area contributed by atoms with Crippen LogP contribution in [-0.4, -0.2) is 33.5 Å². The van der Waals surface area contributed by atoms with Crippen molar-refractivity contribution in [1.82, 2.24) is 5.32 Å². The molecule has 0 aromatic heterocycles. The second kappa shape index (κ2) is 8.90. The molecule has 0 spiro atoms. The molecule has 0 aliphatic heterocycles. The van der Waals surface area contributed by atoms with Crippen LogP contribution in [0.25, 0.3) is 0 Å². The Morgan fingerprint density at radius 2 is 1.81 bits per heavy atom. The molecule has 0 amide bonds. The molecule has 0 saturated heterocycles. The SMILES string of the molecule is CCOCC(NC(C)c1ccc(OC)cc1OC)C(C)C. The molecule has 4 nitrogen and oxygen atoms in total. The molecular weight excluding hydrogens is 266 g/mol. The molecule has 21 heavy (non-hydrogen) atoms. The molecule has 0 saturated carbocycles. The van der Waals surface area contributed by atoms with Crippen LogP contribution >= 0.6 is 0 Å². The van der Waals surface area contributed by atoms with E-state index in [2.05, 4.69) is 26.1 Å². The second-order valence-electron chi connectivity index (χ2n) is 5.51. The van der Waals surface area contributed by atoms with Crippen molar-refractivity contribution in [3.8, 4) is 11.5 Å². The highest BCUT2D eigenvalue weighted by Crippen LogP contribution is 2.29. The Morgan fingerprint density at radius 1 is 1.10 bits per heavy atom. The third-order valence-electron chi connectivity index (χ3n) is 3.68. The minimum atomic E-state index is 0.179. The maximum atomic E-state index is 5.57. The van der Waals surface area contributed by atoms with Crippen molar-refractivity contribution in [2.75, 3.05) is 27.4 Å². The number of benzene rings is 1. The van der Waals surface area contributed by atoms with Crippen LogP contribution < -0.4 is 14.8 Å². The first kappa shape index (κ1) is 17.8. The standard InChI is InChI=1S/C17H29NO3/c1-7-21-11-16(12(2)3)18-13(4)15-9-8-14(19-5)10-17(15)20-6/h8-10,12-13,16,18H,7,11H2,1-6H3. The van der Waals surface area contributed by atoms with Gasteiger partial charge in [0.15, 0.2) is 0 Å². The maximum Gasteiger partial charge on any atom is 0.127 e. The molecule has 1 N–H and O–H groups in total. The maximum absolute atomic E-state index is 5.57. The molecule has 2 unspecified atom stereocenters. The number of hydrogen-bond donors (Lipinski definition) is 1. The number of rotatable bonds is 9. The molecule has 120 valence electrons. The molecule has 4 heteroatoms. The molecular formula is C17H29NO3. The Labute approximate surface area is 128 Å². The van der Waals surface area contributed by atoms with Gasteiger partial charge in [0.05, 0.1) is 20.8 Å². The van der Waals surface area contributed by atoms with Crippen LogP contribution in [0.1, 0.15) is 39.3 Å². The van der Waals surface area contributed by atoms with E-state index in [-0.39, 0.29) is 6.04 Å². The van der Waals surface area contributed by atoms with Crippen molar-refractivity contribution in [3.05, 3.63) is 23.8 Å². The normalized spacial score (nSPS) is 14.0. The molecule has 0 heterocycles. The second-order valence-corrected chi connectivity index (χ2v) is 5.51. The van der Waals surface area contributed by atoms with Gasteiger partial charge in [0.25, 0.3) is 0 Å². The van der Waals surface area contributed by atoms with Crippen LogP contribution in [0.2, 0.25) is 0 Å². The fourth-order valence-electron chi connectivity index (χ4n) is 2.26. The monoisotopic (exact) mass is 295 g/mol. The fourth-order valence-corrected chi connectivity index (χ4v) is 2.26. The predicted octanol–water partition coefficient (Wildman–Crippen LogP) is 3.42. The predicted molar refractivity (Wildman–Crippen MR) is 86.2 cm³/mol. The smallest absolute Gasteiger partial charge is 0.127 e. The van der Waals surface area contributed by atoms with Crippen molar-refractivity contribution in [3.63, 3.8) is 0 Å². The van der Waals surface area contributed by atoms with Gasteiger partial charge in [-0.1, -0.05) is 19.9 Å². The molecule has 0 fully saturated rings. The number of nitrogens with one attached hydrogen (secondary N) is 1. The minimum Gasteiger partial charge on any atom is -0.497 e. The highest BCUT2D eigenvalue weighted by atomic mass is 16.5. The summed E-state index contributed by atoms with van der Waals surface area (Å²) in [6.45, 7) is 10.0. The summed E-state index contributed by atoms with van der Waals surface area (Å²) in [6, 6.07) is 6.42. The van der Waals surface area contributed by atoms with Crippen molar-refractivity contribution < 1.29 is 14.2 Å². The van der Waals surface area contributed by atoms with Gasteiger partial charge in [-0.3, -0.25) is 0 Å². The zero-order chi connectivity index (χ0) is 15.8. The Hall–Kier alpha value is -1.26. The largest absolute Gasteiger partial charge is 0.497 e. The summed E-state index contributed by atoms with van der Waals surface area (Å²) in [7, 11) is 3.35. The van der Waals surface area contributed by atoms with Crippen LogP contribution in [-0.2, 0) is 4.74 Å². The average Bonchev–Trinajstić information content (AvgIpc) is 2.50. The topological polar surface area (TPSA) is 39.7 Å². The minimum absolute atomic E-state index is 0.179. The summed E-state index contributed by atoms with van der Waals surface area (Å²) in [6.07, 6.45) is 0. The average molecular weight is 295 g/mol. The van der Waals surface area contributed by atoms with Gasteiger partial charge in [0.2, 0.25) is 0 Å². The third-order valence-corrected chi connectivity index (χ3v) is 3.68. The number of methoxy groups -OCH3 is 2. The van der Waals surface area contributed by atoms with E-state index in [0.29, 0.717) is 12.0 Å². The van der Waals surface area contributed by atoms with Gasteiger partial charge in [0.1, 0.15) is 11.5 Å². The molecule has 0 aliphatic rings. The van der Waals surface area contributed by atoms with Gasteiger partial charge in [-0.05, 0) is 25.8 Å². The van der Waals surface area contributed by atoms with Crippen LogP contribution in [0.4, 0.5) is 0 Å². The summed E-state index contributed by atoms with van der Waals surface area (Å²) in [5, 5.41) is 3.63. The first-order valence-corrected chi connectivity index (χ1v) is 7.59. The molecule has 1 aromatic carbocycles. The molecule has 0 bridgehead atoms. The third kappa shape index (κ3) is 5.21. The summed E-state index contributed by atoms with van der Waals surface area (Å²) < 4.78 is 16.3. The van der Waals surface area contributed by atoms with E-state index < -0.39 is 0 Å². The van der Waals surface area contributed by atoms with E-state index in [0.717, 1.165) is 30.3 Å². The van der Waals surface area contributed by atoms with Gasteiger partial charge in [-0.2, -0.15) is 0 Å². The summed E-state index contributed by atoms with van der Waals surface area (Å²) in [4.78, 5) is 0. The zero-order valence-electron chi connectivity index (χ0n) is 14.1. The lowest BCUT2D eigenvalue weighted by atomic mass is 10.0. The first-order chi connectivity index (χ1) is 10.0. The molecule has 0 aliphatic carbocycles. The molecule has 0 radical (unpaired) electrons. The lowest BCUT2D eigenvalue weighted by Crippen LogP contribution is -2.39. The highest BCUT2D eigenvalue weighted by molar-refractivity contribution is 5.42. The Bertz CT molecular complexity index is 420. The van der Waals surface area contributed by atoms with Crippen LogP contribution in [0.15, 0.2) is 18.2 Å². The highest BCUT2D eigenvalue weighted by Gasteiger charge is 2.19. The summed E-state index contributed by atoms with van der Waals surface area (Å²) in [5.41, 5.74) is 1.13. The van der Waals surface area contributed by atoms with Crippen LogP contribution in [0, 0.1) is 5.92 Å². The number of hydrogen-bond acceptors (Lipinski definition) is 4. The van der Waals surface area contributed by atoms with E-state index in [4.69, 9.17) is 14.2 Å². The fraction of sp³-hybridized carbons (Fsp3) is 0.647. The van der Waals surface area contributed by atoms with Crippen molar-refractivity contribution >= 4 is 0 Å². The number of ether oxygens (including phenoxy) is 3. The van der Waals surface area contributed by atoms with Gasteiger partial charge < -0.3 is 19.5 Å². The summed E-state index contributed by atoms with van der Waals surface area (Å²) >= 11 is 0. The van der Waals surface area contributed by atoms with Gasteiger partial charge in [0, 0.05) is 30.3 Å². The lowest BCUT2D eigenvalue weighted by molar-refractivity contribution is 0.104. The van der Waals surface area contributed by atoms with Gasteiger partial charge in [-0.15, -0.1) is 0 Å². The molecule has 2 atom stereocenters. The van der Waals surface area contributed by atoms with E-state index in [1.807, 2.05) is 25.1 Å². The van der Waals surface area contributed by atoms with Crippen molar-refractivity contribution in [1.29, 1.82) is 0 Å². The van der Waals surface area contributed by atoms with E-state index in [9.17, 15) is 0 Å². The molecule has 1 aromatic rings. The van der Waals surface area contributed by atoms with Gasteiger partial charge in [-0.25, -0.2) is 0 Å².